The molecule has 0 spiro atoms. The number of carbonyl (C=O) groups excluding carboxylic acids is 2. The van der Waals surface area contributed by atoms with Crippen LogP contribution in [0.25, 0.3) is 0 Å². The Morgan fingerprint density at radius 3 is 2.46 bits per heavy atom. The third-order valence-electron chi connectivity index (χ3n) is 6.71. The first-order chi connectivity index (χ1) is 16.9. The van der Waals surface area contributed by atoms with E-state index in [1.807, 2.05) is 21.9 Å². The van der Waals surface area contributed by atoms with E-state index in [0.29, 0.717) is 31.1 Å². The number of hydrogen-bond donors (Lipinski definition) is 2. The van der Waals surface area contributed by atoms with E-state index in [1.165, 1.54) is 13.1 Å². The molecule has 0 aromatic heterocycles. The van der Waals surface area contributed by atoms with Gasteiger partial charge in [0.05, 0.1) is 12.5 Å². The van der Waals surface area contributed by atoms with Gasteiger partial charge >= 0.3 is 5.97 Å². The van der Waals surface area contributed by atoms with E-state index in [-0.39, 0.29) is 31.1 Å². The van der Waals surface area contributed by atoms with Crippen molar-refractivity contribution in [1.82, 2.24) is 15.1 Å². The molecule has 0 saturated carbocycles. The van der Waals surface area contributed by atoms with Crippen LogP contribution >= 0.6 is 0 Å². The Labute approximate surface area is 207 Å². The van der Waals surface area contributed by atoms with Crippen molar-refractivity contribution >= 4 is 17.8 Å². The van der Waals surface area contributed by atoms with Crippen LogP contribution in [-0.2, 0) is 14.4 Å². The molecule has 2 heterocycles. The highest BCUT2D eigenvalue weighted by atomic mass is 16.7. The number of rotatable bonds is 12. The molecule has 35 heavy (non-hydrogen) atoms. The Morgan fingerprint density at radius 1 is 1.14 bits per heavy atom. The molecule has 192 valence electrons. The number of carboxylic acid groups (broad SMARTS) is 1. The number of ether oxygens (including phenoxy) is 2. The van der Waals surface area contributed by atoms with Crippen molar-refractivity contribution in [2.75, 3.05) is 40.0 Å². The molecule has 0 radical (unpaired) electrons. The average Bonchev–Trinajstić information content (AvgIpc) is 3.46. The van der Waals surface area contributed by atoms with Gasteiger partial charge in [0.15, 0.2) is 11.5 Å². The van der Waals surface area contributed by atoms with E-state index in [1.54, 1.807) is 12.1 Å². The summed E-state index contributed by atoms with van der Waals surface area (Å²) in [6.45, 7) is 6.18. The van der Waals surface area contributed by atoms with Crippen molar-refractivity contribution in [3.8, 4) is 11.5 Å². The quantitative estimate of drug-likeness (QED) is 0.436. The Balaban J connectivity index is 1.89. The van der Waals surface area contributed by atoms with Crippen LogP contribution in [0.3, 0.4) is 0 Å². The number of nitrogens with one attached hydrogen (secondary N) is 1. The zero-order valence-corrected chi connectivity index (χ0v) is 20.9. The first-order valence-corrected chi connectivity index (χ1v) is 12.4. The lowest BCUT2D eigenvalue weighted by Crippen LogP contribution is -2.44. The van der Waals surface area contributed by atoms with Gasteiger partial charge < -0.3 is 24.8 Å². The summed E-state index contributed by atoms with van der Waals surface area (Å²) in [4.78, 5) is 41.5. The number of likely N-dealkylation sites (tertiary alicyclic amines) is 1. The fourth-order valence-electron chi connectivity index (χ4n) is 4.74. The number of carboxylic acids is 1. The van der Waals surface area contributed by atoms with Crippen molar-refractivity contribution in [3.63, 3.8) is 0 Å². The summed E-state index contributed by atoms with van der Waals surface area (Å²) >= 11 is 0. The Hall–Kier alpha value is -3.07. The molecule has 1 aromatic carbocycles. The number of nitrogens with zero attached hydrogens (tertiary/aromatic N) is 2. The zero-order chi connectivity index (χ0) is 25.4. The summed E-state index contributed by atoms with van der Waals surface area (Å²) in [5.74, 6) is -1.30. The lowest BCUT2D eigenvalue weighted by molar-refractivity contribution is -0.143. The molecule has 9 nitrogen and oxygen atoms in total. The van der Waals surface area contributed by atoms with Crippen molar-refractivity contribution in [3.05, 3.63) is 35.9 Å². The summed E-state index contributed by atoms with van der Waals surface area (Å²) in [6.07, 6.45) is 6.79. The number of benzene rings is 1. The second kappa shape index (κ2) is 12.6. The molecule has 9 heteroatoms. The third kappa shape index (κ3) is 6.54. The number of hydrogen-bond acceptors (Lipinski definition) is 6. The maximum atomic E-state index is 13.3. The van der Waals surface area contributed by atoms with Gasteiger partial charge in [-0.05, 0) is 30.5 Å². The minimum absolute atomic E-state index is 0.0132. The van der Waals surface area contributed by atoms with E-state index >= 15 is 0 Å². The van der Waals surface area contributed by atoms with Crippen LogP contribution in [0.2, 0.25) is 0 Å². The second-order valence-corrected chi connectivity index (χ2v) is 9.06. The number of amides is 2. The van der Waals surface area contributed by atoms with Crippen LogP contribution in [0, 0.1) is 5.92 Å². The molecule has 1 aromatic rings. The van der Waals surface area contributed by atoms with Crippen LogP contribution < -0.4 is 14.8 Å². The number of carbonyl (C=O) groups is 3. The van der Waals surface area contributed by atoms with Crippen LogP contribution in [0.5, 0.6) is 11.5 Å². The molecule has 0 unspecified atom stereocenters. The Morgan fingerprint density at radius 2 is 1.83 bits per heavy atom. The molecule has 3 rings (SSSR count). The molecular weight excluding hydrogens is 450 g/mol. The Bertz CT molecular complexity index is 926. The van der Waals surface area contributed by atoms with Gasteiger partial charge in [0, 0.05) is 44.7 Å². The highest BCUT2D eigenvalue weighted by Gasteiger charge is 2.46. The summed E-state index contributed by atoms with van der Waals surface area (Å²) in [6, 6.07) is 4.86. The lowest BCUT2D eigenvalue weighted by Gasteiger charge is -2.28. The molecule has 0 bridgehead atoms. The highest BCUT2D eigenvalue weighted by Crippen LogP contribution is 2.42. The summed E-state index contributed by atoms with van der Waals surface area (Å²) < 4.78 is 10.9. The van der Waals surface area contributed by atoms with Crippen molar-refractivity contribution in [2.45, 2.75) is 51.5 Å². The molecule has 1 saturated heterocycles. The van der Waals surface area contributed by atoms with E-state index in [4.69, 9.17) is 9.47 Å². The predicted molar refractivity (Wildman–Crippen MR) is 131 cm³/mol. The van der Waals surface area contributed by atoms with Crippen molar-refractivity contribution in [1.29, 1.82) is 0 Å². The molecule has 1 fully saturated rings. The van der Waals surface area contributed by atoms with E-state index in [0.717, 1.165) is 31.2 Å². The smallest absolute Gasteiger partial charge is 0.309 e. The fourth-order valence-corrected chi connectivity index (χ4v) is 4.74. The maximum absolute atomic E-state index is 13.3. The van der Waals surface area contributed by atoms with Gasteiger partial charge in [-0.2, -0.15) is 0 Å². The third-order valence-corrected chi connectivity index (χ3v) is 6.71. The van der Waals surface area contributed by atoms with Gasteiger partial charge in [0.1, 0.15) is 0 Å². The van der Waals surface area contributed by atoms with Crippen LogP contribution in [0.1, 0.15) is 51.0 Å². The fraction of sp³-hybridized carbons (Fsp3) is 0.577. The summed E-state index contributed by atoms with van der Waals surface area (Å²) in [7, 11) is 1.52. The summed E-state index contributed by atoms with van der Waals surface area (Å²) in [5.41, 5.74) is 0.809. The van der Waals surface area contributed by atoms with Gasteiger partial charge in [-0.15, -0.1) is 0 Å². The number of likely N-dealkylation sites (N-methyl/N-ethyl adjacent to an activating group) is 1. The molecule has 3 atom stereocenters. The van der Waals surface area contributed by atoms with Crippen LogP contribution in [-0.4, -0.2) is 78.8 Å². The largest absolute Gasteiger partial charge is 0.481 e. The van der Waals surface area contributed by atoms with Gasteiger partial charge in [-0.25, -0.2) is 0 Å². The number of aliphatic carboxylic acids is 1. The summed E-state index contributed by atoms with van der Waals surface area (Å²) in [5, 5.41) is 12.7. The molecule has 2 amide bonds. The Kier molecular flexibility index (Phi) is 9.54. The standard InChI is InChI=1S/C26H37N3O6/c1-4-6-12-28(13-7-5-2)24(31)16-29-15-19(18-8-10-21-22(14-18)35-17-34-21)25(26(32)33)20(29)9-11-23(30)27-3/h8-11,14,19-20,25H,4-7,12-13,15-17H2,1-3H3,(H,27,30)(H,32,33)/t19-,20-,25+/m1/s1. The number of fused-ring (bicyclic) bond motifs is 1. The maximum Gasteiger partial charge on any atom is 0.309 e. The zero-order valence-electron chi connectivity index (χ0n) is 20.9. The normalized spacial score (nSPS) is 21.4. The SMILES string of the molecule is CCCCN(CCCC)C(=O)CN1C[C@H](c2ccc3c(c2)OCO3)[C@H](C(=O)O)[C@H]1C=CC(=O)NC. The molecule has 0 aliphatic carbocycles. The lowest BCUT2D eigenvalue weighted by atomic mass is 9.85. The molecule has 2 aliphatic heterocycles. The van der Waals surface area contributed by atoms with Gasteiger partial charge in [0.2, 0.25) is 18.6 Å². The van der Waals surface area contributed by atoms with E-state index < -0.39 is 17.9 Å². The van der Waals surface area contributed by atoms with Gasteiger partial charge in [-0.3, -0.25) is 19.3 Å². The first-order valence-electron chi connectivity index (χ1n) is 12.4. The van der Waals surface area contributed by atoms with Gasteiger partial charge in [0.25, 0.3) is 0 Å². The second-order valence-electron chi connectivity index (χ2n) is 9.06. The molecule has 2 N–H and O–H groups in total. The van der Waals surface area contributed by atoms with Crippen molar-refractivity contribution in [2.24, 2.45) is 5.92 Å². The van der Waals surface area contributed by atoms with Crippen LogP contribution in [0.15, 0.2) is 30.4 Å². The monoisotopic (exact) mass is 487 g/mol. The van der Waals surface area contributed by atoms with Crippen molar-refractivity contribution < 1.29 is 29.0 Å². The average molecular weight is 488 g/mol. The minimum atomic E-state index is -0.969. The highest BCUT2D eigenvalue weighted by molar-refractivity contribution is 5.87. The molecule has 2 aliphatic rings. The first kappa shape index (κ1) is 26.5. The van der Waals surface area contributed by atoms with E-state index in [9.17, 15) is 19.5 Å². The van der Waals surface area contributed by atoms with E-state index in [2.05, 4.69) is 19.2 Å². The van der Waals surface area contributed by atoms with Gasteiger partial charge in [-0.1, -0.05) is 38.8 Å². The number of unbranched alkanes of at least 4 members (excludes halogenated alkanes) is 2. The predicted octanol–water partition coefficient (Wildman–Crippen LogP) is 2.61. The topological polar surface area (TPSA) is 108 Å². The van der Waals surface area contributed by atoms with Crippen LogP contribution in [0.4, 0.5) is 0 Å². The molecular formula is C26H37N3O6. The minimum Gasteiger partial charge on any atom is -0.481 e.